The van der Waals surface area contributed by atoms with Crippen LogP contribution in [0.25, 0.3) is 0 Å². The van der Waals surface area contributed by atoms with Crippen molar-refractivity contribution in [3.8, 4) is 0 Å². The average molecular weight is 345 g/mol. The topological polar surface area (TPSA) is 54.5 Å². The SMILES string of the molecule is Cc1ccc(N(C(=O)CC(C)(C)C)S(=O)(=O)c2ccccc2)cc1. The molecule has 128 valence electrons. The van der Waals surface area contributed by atoms with Gasteiger partial charge in [-0.3, -0.25) is 4.79 Å². The Balaban J connectivity index is 2.54. The zero-order valence-corrected chi connectivity index (χ0v) is 15.3. The Hall–Kier alpha value is -2.14. The normalized spacial score (nSPS) is 12.0. The van der Waals surface area contributed by atoms with Crippen molar-refractivity contribution >= 4 is 21.6 Å². The Labute approximate surface area is 144 Å². The number of carbonyl (C=O) groups is 1. The first-order valence-corrected chi connectivity index (χ1v) is 9.25. The van der Waals surface area contributed by atoms with E-state index in [9.17, 15) is 13.2 Å². The van der Waals surface area contributed by atoms with Crippen molar-refractivity contribution in [2.24, 2.45) is 5.41 Å². The van der Waals surface area contributed by atoms with E-state index in [1.165, 1.54) is 12.1 Å². The van der Waals surface area contributed by atoms with Crippen molar-refractivity contribution in [3.63, 3.8) is 0 Å². The maximum atomic E-state index is 13.1. The number of carbonyl (C=O) groups excluding carboxylic acids is 1. The van der Waals surface area contributed by atoms with Crippen LogP contribution in [0.1, 0.15) is 32.8 Å². The van der Waals surface area contributed by atoms with Gasteiger partial charge in [0.2, 0.25) is 5.91 Å². The molecule has 0 aliphatic carbocycles. The number of benzene rings is 2. The molecule has 2 aromatic carbocycles. The smallest absolute Gasteiger partial charge is 0.270 e. The van der Waals surface area contributed by atoms with Crippen LogP contribution in [0, 0.1) is 12.3 Å². The summed E-state index contributed by atoms with van der Waals surface area (Å²) in [6.07, 6.45) is 0.132. The van der Waals surface area contributed by atoms with Gasteiger partial charge in [0.15, 0.2) is 0 Å². The molecule has 4 nitrogen and oxygen atoms in total. The van der Waals surface area contributed by atoms with Gasteiger partial charge in [0.1, 0.15) is 0 Å². The molecule has 0 aliphatic heterocycles. The van der Waals surface area contributed by atoms with E-state index in [1.807, 2.05) is 27.7 Å². The Morgan fingerprint density at radius 1 is 0.958 bits per heavy atom. The van der Waals surface area contributed by atoms with Gasteiger partial charge >= 0.3 is 0 Å². The van der Waals surface area contributed by atoms with E-state index in [4.69, 9.17) is 0 Å². The first-order valence-electron chi connectivity index (χ1n) is 7.81. The second kappa shape index (κ2) is 6.77. The molecule has 0 aliphatic rings. The summed E-state index contributed by atoms with van der Waals surface area (Å²) in [6.45, 7) is 7.64. The zero-order valence-electron chi connectivity index (χ0n) is 14.5. The predicted octanol–water partition coefficient (Wildman–Crippen LogP) is 4.15. The summed E-state index contributed by atoms with van der Waals surface area (Å²) in [5, 5.41) is 0. The molecular weight excluding hydrogens is 322 g/mol. The van der Waals surface area contributed by atoms with Crippen molar-refractivity contribution in [2.75, 3.05) is 4.31 Å². The van der Waals surface area contributed by atoms with Gasteiger partial charge in [-0.05, 0) is 36.6 Å². The maximum Gasteiger partial charge on any atom is 0.270 e. The van der Waals surface area contributed by atoms with Crippen LogP contribution >= 0.6 is 0 Å². The fraction of sp³-hybridized carbons (Fsp3) is 0.316. The number of hydrogen-bond donors (Lipinski definition) is 0. The molecular formula is C19H23NO3S. The number of rotatable bonds is 4. The van der Waals surface area contributed by atoms with E-state index >= 15 is 0 Å². The van der Waals surface area contributed by atoms with Crippen molar-refractivity contribution in [1.29, 1.82) is 0 Å². The Kier molecular flexibility index (Phi) is 5.13. The molecule has 2 rings (SSSR count). The molecule has 0 saturated carbocycles. The van der Waals surface area contributed by atoms with E-state index in [0.717, 1.165) is 9.87 Å². The average Bonchev–Trinajstić information content (AvgIpc) is 2.48. The van der Waals surface area contributed by atoms with Crippen molar-refractivity contribution in [2.45, 2.75) is 39.0 Å². The van der Waals surface area contributed by atoms with Crippen molar-refractivity contribution < 1.29 is 13.2 Å². The molecule has 24 heavy (non-hydrogen) atoms. The third-order valence-corrected chi connectivity index (χ3v) is 5.22. The van der Waals surface area contributed by atoms with E-state index in [2.05, 4.69) is 0 Å². The van der Waals surface area contributed by atoms with Crippen LogP contribution in [0.4, 0.5) is 5.69 Å². The van der Waals surface area contributed by atoms with Gasteiger partial charge in [0.25, 0.3) is 10.0 Å². The number of hydrogen-bond acceptors (Lipinski definition) is 3. The molecule has 0 spiro atoms. The third kappa shape index (κ3) is 4.23. The lowest BCUT2D eigenvalue weighted by Crippen LogP contribution is -2.38. The van der Waals surface area contributed by atoms with E-state index in [-0.39, 0.29) is 16.7 Å². The summed E-state index contributed by atoms with van der Waals surface area (Å²) in [5.74, 6) is -0.435. The van der Waals surface area contributed by atoms with Crippen LogP contribution in [-0.2, 0) is 14.8 Å². The molecule has 0 unspecified atom stereocenters. The predicted molar refractivity (Wildman–Crippen MR) is 96.4 cm³/mol. The molecule has 2 aromatic rings. The number of amides is 1. The fourth-order valence-electron chi connectivity index (χ4n) is 2.32. The molecule has 1 amide bonds. The van der Waals surface area contributed by atoms with Crippen LogP contribution in [0.2, 0.25) is 0 Å². The summed E-state index contributed by atoms with van der Waals surface area (Å²) in [5.41, 5.74) is 1.05. The first-order chi connectivity index (χ1) is 11.1. The van der Waals surface area contributed by atoms with E-state index < -0.39 is 15.9 Å². The number of sulfonamides is 1. The molecule has 0 aromatic heterocycles. The Bertz CT molecular complexity index is 804. The maximum absolute atomic E-state index is 13.1. The second-order valence-electron chi connectivity index (χ2n) is 7.05. The van der Waals surface area contributed by atoms with Crippen LogP contribution in [0.3, 0.4) is 0 Å². The van der Waals surface area contributed by atoms with Crippen molar-refractivity contribution in [1.82, 2.24) is 0 Å². The lowest BCUT2D eigenvalue weighted by Gasteiger charge is -2.26. The lowest BCUT2D eigenvalue weighted by molar-refractivity contribution is -0.119. The minimum absolute atomic E-state index is 0.104. The molecule has 0 fully saturated rings. The first kappa shape index (κ1) is 18.2. The minimum atomic E-state index is -3.95. The molecule has 0 atom stereocenters. The molecule has 0 N–H and O–H groups in total. The molecule has 5 heteroatoms. The van der Waals surface area contributed by atoms with Gasteiger partial charge in [-0.15, -0.1) is 0 Å². The zero-order chi connectivity index (χ0) is 18.0. The highest BCUT2D eigenvalue weighted by Gasteiger charge is 2.32. The lowest BCUT2D eigenvalue weighted by atomic mass is 9.92. The van der Waals surface area contributed by atoms with Crippen LogP contribution in [-0.4, -0.2) is 14.3 Å². The highest BCUT2D eigenvalue weighted by Crippen LogP contribution is 2.28. The number of anilines is 1. The Morgan fingerprint density at radius 2 is 1.50 bits per heavy atom. The monoisotopic (exact) mass is 345 g/mol. The summed E-state index contributed by atoms with van der Waals surface area (Å²) in [4.78, 5) is 12.9. The molecule has 0 heterocycles. The summed E-state index contributed by atoms with van der Waals surface area (Å²) >= 11 is 0. The number of aryl methyl sites for hydroxylation is 1. The van der Waals surface area contributed by atoms with Crippen LogP contribution < -0.4 is 4.31 Å². The third-order valence-electron chi connectivity index (χ3n) is 3.46. The highest BCUT2D eigenvalue weighted by atomic mass is 32.2. The molecule has 0 bridgehead atoms. The van der Waals surface area contributed by atoms with Gasteiger partial charge in [-0.1, -0.05) is 56.7 Å². The quantitative estimate of drug-likeness (QED) is 0.836. The van der Waals surface area contributed by atoms with Crippen molar-refractivity contribution in [3.05, 3.63) is 60.2 Å². The minimum Gasteiger partial charge on any atom is -0.273 e. The van der Waals surface area contributed by atoms with Gasteiger partial charge in [0.05, 0.1) is 10.6 Å². The largest absolute Gasteiger partial charge is 0.273 e. The number of nitrogens with zero attached hydrogens (tertiary/aromatic N) is 1. The standard InChI is InChI=1S/C19H23NO3S/c1-15-10-12-16(13-11-15)20(18(21)14-19(2,3)4)24(22,23)17-8-6-5-7-9-17/h5-13H,14H2,1-4H3. The Morgan fingerprint density at radius 3 is 2.00 bits per heavy atom. The second-order valence-corrected chi connectivity index (χ2v) is 8.84. The van der Waals surface area contributed by atoms with Gasteiger partial charge in [-0.25, -0.2) is 12.7 Å². The fourth-order valence-corrected chi connectivity index (χ4v) is 3.76. The summed E-state index contributed by atoms with van der Waals surface area (Å²) in [7, 11) is -3.95. The van der Waals surface area contributed by atoms with Gasteiger partial charge in [0, 0.05) is 6.42 Å². The highest BCUT2D eigenvalue weighted by molar-refractivity contribution is 7.93. The van der Waals surface area contributed by atoms with Gasteiger partial charge < -0.3 is 0 Å². The van der Waals surface area contributed by atoms with E-state index in [1.54, 1.807) is 42.5 Å². The van der Waals surface area contributed by atoms with Crippen LogP contribution in [0.5, 0.6) is 0 Å². The van der Waals surface area contributed by atoms with E-state index in [0.29, 0.717) is 5.69 Å². The van der Waals surface area contributed by atoms with Gasteiger partial charge in [-0.2, -0.15) is 0 Å². The summed E-state index contributed by atoms with van der Waals surface area (Å²) < 4.78 is 27.0. The molecule has 0 radical (unpaired) electrons. The summed E-state index contributed by atoms with van der Waals surface area (Å²) in [6, 6.07) is 15.0. The van der Waals surface area contributed by atoms with Crippen LogP contribution in [0.15, 0.2) is 59.5 Å². The molecule has 0 saturated heterocycles.